The first-order valence-corrected chi connectivity index (χ1v) is 4.89. The molecule has 0 bridgehead atoms. The Hall–Kier alpha value is -1.03. The maximum atomic E-state index is 13.3. The van der Waals surface area contributed by atoms with Gasteiger partial charge in [-0.1, -0.05) is 19.4 Å². The Morgan fingerprint density at radius 2 is 2.00 bits per heavy atom. The maximum Gasteiger partial charge on any atom is 0.263 e. The molecule has 15 heavy (non-hydrogen) atoms. The molecule has 4 heteroatoms. The average molecular weight is 217 g/mol. The number of alkyl halides is 2. The molecule has 0 aliphatic rings. The number of hydrogen-bond acceptors (Lipinski definition) is 1. The van der Waals surface area contributed by atoms with Crippen LogP contribution in [0.5, 0.6) is 0 Å². The molecule has 1 aromatic rings. The van der Waals surface area contributed by atoms with Crippen LogP contribution >= 0.6 is 0 Å². The van der Waals surface area contributed by atoms with Crippen LogP contribution in [0.3, 0.4) is 0 Å². The first-order valence-electron chi connectivity index (χ1n) is 4.89. The van der Waals surface area contributed by atoms with E-state index in [4.69, 9.17) is 5.73 Å². The molecule has 1 nitrogen and oxygen atoms in total. The second-order valence-electron chi connectivity index (χ2n) is 3.48. The van der Waals surface area contributed by atoms with E-state index in [1.807, 2.05) is 6.92 Å². The van der Waals surface area contributed by atoms with E-state index < -0.39 is 18.3 Å². The van der Waals surface area contributed by atoms with Crippen molar-refractivity contribution < 1.29 is 13.2 Å². The molecule has 1 aromatic carbocycles. The predicted octanol–water partition coefficient (Wildman–Crippen LogP) is 3.56. The first kappa shape index (κ1) is 12.0. The van der Waals surface area contributed by atoms with Crippen molar-refractivity contribution in [3.05, 3.63) is 35.1 Å². The van der Waals surface area contributed by atoms with Gasteiger partial charge in [0.1, 0.15) is 5.82 Å². The zero-order valence-electron chi connectivity index (χ0n) is 8.51. The van der Waals surface area contributed by atoms with Gasteiger partial charge >= 0.3 is 0 Å². The lowest BCUT2D eigenvalue weighted by molar-refractivity contribution is 0.151. The van der Waals surface area contributed by atoms with Crippen molar-refractivity contribution in [1.82, 2.24) is 0 Å². The average Bonchev–Trinajstić information content (AvgIpc) is 2.18. The minimum absolute atomic E-state index is 0.176. The van der Waals surface area contributed by atoms with Crippen LogP contribution in [0.1, 0.15) is 43.4 Å². The summed E-state index contributed by atoms with van der Waals surface area (Å²) in [5, 5.41) is 0. The fraction of sp³-hybridized carbons (Fsp3) is 0.455. The monoisotopic (exact) mass is 217 g/mol. The van der Waals surface area contributed by atoms with Crippen molar-refractivity contribution in [3.63, 3.8) is 0 Å². The van der Waals surface area contributed by atoms with Gasteiger partial charge in [-0.3, -0.25) is 0 Å². The lowest BCUT2D eigenvalue weighted by Crippen LogP contribution is -2.12. The molecule has 0 saturated heterocycles. The van der Waals surface area contributed by atoms with Gasteiger partial charge < -0.3 is 5.73 Å². The maximum absolute atomic E-state index is 13.3. The zero-order chi connectivity index (χ0) is 11.4. The molecule has 0 spiro atoms. The van der Waals surface area contributed by atoms with E-state index in [2.05, 4.69) is 0 Å². The van der Waals surface area contributed by atoms with Crippen LogP contribution < -0.4 is 5.73 Å². The third kappa shape index (κ3) is 2.96. The summed E-state index contributed by atoms with van der Waals surface area (Å²) >= 11 is 0. The molecule has 1 rings (SSSR count). The predicted molar refractivity (Wildman–Crippen MR) is 53.2 cm³/mol. The summed E-state index contributed by atoms with van der Waals surface area (Å²) in [7, 11) is 0. The molecule has 2 N–H and O–H groups in total. The summed E-state index contributed by atoms with van der Waals surface area (Å²) in [6, 6.07) is 2.78. The van der Waals surface area contributed by atoms with Crippen LogP contribution in [0.4, 0.5) is 13.2 Å². The highest BCUT2D eigenvalue weighted by molar-refractivity contribution is 5.28. The summed E-state index contributed by atoms with van der Waals surface area (Å²) in [5.74, 6) is -0.514. The zero-order valence-corrected chi connectivity index (χ0v) is 8.51. The Labute approximate surface area is 87.1 Å². The number of halogens is 3. The lowest BCUT2D eigenvalue weighted by atomic mass is 10.0. The largest absolute Gasteiger partial charge is 0.324 e. The van der Waals surface area contributed by atoms with E-state index in [-0.39, 0.29) is 11.1 Å². The molecule has 0 amide bonds. The standard InChI is InChI=1S/C11H14F3N/c1-2-3-10(15)8-6-7(11(13)14)4-5-9(8)12/h4-6,10-11H,2-3,15H2,1H3/t10-/m0/s1. The van der Waals surface area contributed by atoms with Crippen LogP contribution in [-0.2, 0) is 0 Å². The summed E-state index contributed by atoms with van der Waals surface area (Å²) < 4.78 is 38.0. The first-order chi connectivity index (χ1) is 7.06. The van der Waals surface area contributed by atoms with Crippen molar-refractivity contribution in [3.8, 4) is 0 Å². The second-order valence-corrected chi connectivity index (χ2v) is 3.48. The Bertz CT molecular complexity index is 326. The Kier molecular flexibility index (Phi) is 4.15. The molecule has 0 unspecified atom stereocenters. The fourth-order valence-corrected chi connectivity index (χ4v) is 1.45. The van der Waals surface area contributed by atoms with Gasteiger partial charge in [-0.25, -0.2) is 13.2 Å². The van der Waals surface area contributed by atoms with Gasteiger partial charge in [0, 0.05) is 17.2 Å². The van der Waals surface area contributed by atoms with E-state index in [1.54, 1.807) is 0 Å². The minimum Gasteiger partial charge on any atom is -0.324 e. The second kappa shape index (κ2) is 5.16. The van der Waals surface area contributed by atoms with Crippen molar-refractivity contribution in [2.24, 2.45) is 5.73 Å². The van der Waals surface area contributed by atoms with Gasteiger partial charge in [-0.15, -0.1) is 0 Å². The van der Waals surface area contributed by atoms with Crippen LogP contribution in [-0.4, -0.2) is 0 Å². The third-order valence-electron chi connectivity index (χ3n) is 2.27. The van der Waals surface area contributed by atoms with Gasteiger partial charge in [0.05, 0.1) is 0 Å². The summed E-state index contributed by atoms with van der Waals surface area (Å²) in [6.07, 6.45) is -1.21. The lowest BCUT2D eigenvalue weighted by Gasteiger charge is -2.13. The van der Waals surface area contributed by atoms with E-state index >= 15 is 0 Å². The van der Waals surface area contributed by atoms with Gasteiger partial charge in [0.2, 0.25) is 0 Å². The normalized spacial score (nSPS) is 13.2. The summed E-state index contributed by atoms with van der Waals surface area (Å²) in [5.41, 5.74) is 5.68. The Morgan fingerprint density at radius 3 is 2.53 bits per heavy atom. The third-order valence-corrected chi connectivity index (χ3v) is 2.27. The summed E-state index contributed by atoms with van der Waals surface area (Å²) in [4.78, 5) is 0. The molecule has 0 fully saturated rings. The van der Waals surface area contributed by atoms with Crippen molar-refractivity contribution in [2.45, 2.75) is 32.2 Å². The molecular formula is C11H14F3N. The fourth-order valence-electron chi connectivity index (χ4n) is 1.45. The van der Waals surface area contributed by atoms with Gasteiger partial charge in [0.15, 0.2) is 0 Å². The van der Waals surface area contributed by atoms with E-state index in [9.17, 15) is 13.2 Å². The number of nitrogens with two attached hydrogens (primary N) is 1. The highest BCUT2D eigenvalue weighted by Crippen LogP contribution is 2.25. The van der Waals surface area contributed by atoms with Gasteiger partial charge in [-0.2, -0.15) is 0 Å². The molecule has 0 heterocycles. The number of hydrogen-bond donors (Lipinski definition) is 1. The molecule has 0 aliphatic heterocycles. The van der Waals surface area contributed by atoms with Crippen LogP contribution in [0.2, 0.25) is 0 Å². The Morgan fingerprint density at radius 1 is 1.33 bits per heavy atom. The molecule has 1 atom stereocenters. The Balaban J connectivity index is 2.99. The molecule has 0 aliphatic carbocycles. The van der Waals surface area contributed by atoms with Crippen LogP contribution in [0.25, 0.3) is 0 Å². The van der Waals surface area contributed by atoms with E-state index in [1.165, 1.54) is 0 Å². The molecule has 84 valence electrons. The number of benzene rings is 1. The van der Waals surface area contributed by atoms with E-state index in [0.29, 0.717) is 6.42 Å². The molecule has 0 aromatic heterocycles. The van der Waals surface area contributed by atoms with Crippen molar-refractivity contribution in [1.29, 1.82) is 0 Å². The molecule has 0 radical (unpaired) electrons. The van der Waals surface area contributed by atoms with Gasteiger partial charge in [-0.05, 0) is 18.6 Å². The quantitative estimate of drug-likeness (QED) is 0.819. The molecule has 0 saturated carbocycles. The van der Waals surface area contributed by atoms with Gasteiger partial charge in [0.25, 0.3) is 6.43 Å². The van der Waals surface area contributed by atoms with Crippen molar-refractivity contribution in [2.75, 3.05) is 0 Å². The highest BCUT2D eigenvalue weighted by atomic mass is 19.3. The highest BCUT2D eigenvalue weighted by Gasteiger charge is 2.14. The van der Waals surface area contributed by atoms with E-state index in [0.717, 1.165) is 24.6 Å². The minimum atomic E-state index is -2.59. The van der Waals surface area contributed by atoms with Crippen molar-refractivity contribution >= 4 is 0 Å². The van der Waals surface area contributed by atoms with Crippen LogP contribution in [0, 0.1) is 5.82 Å². The summed E-state index contributed by atoms with van der Waals surface area (Å²) in [6.45, 7) is 1.91. The number of rotatable bonds is 4. The SMILES string of the molecule is CCC[C@H](N)c1cc(C(F)F)ccc1F. The van der Waals surface area contributed by atoms with Crippen LogP contribution in [0.15, 0.2) is 18.2 Å². The smallest absolute Gasteiger partial charge is 0.263 e. The molecular weight excluding hydrogens is 203 g/mol. The topological polar surface area (TPSA) is 26.0 Å².